The number of carbonyl (C=O) groups is 2. The second kappa shape index (κ2) is 11.7. The van der Waals surface area contributed by atoms with E-state index in [9.17, 15) is 9.59 Å². The highest BCUT2D eigenvalue weighted by Crippen LogP contribution is 2.34. The Kier molecular flexibility index (Phi) is 7.69. The fourth-order valence-electron chi connectivity index (χ4n) is 6.23. The molecule has 40 heavy (non-hydrogen) atoms. The van der Waals surface area contributed by atoms with E-state index >= 15 is 0 Å². The number of likely N-dealkylation sites (tertiary alicyclic amines) is 1. The van der Waals surface area contributed by atoms with Crippen molar-refractivity contribution in [3.8, 4) is 5.75 Å². The van der Waals surface area contributed by atoms with E-state index in [1.807, 2.05) is 18.2 Å². The van der Waals surface area contributed by atoms with Crippen LogP contribution in [0, 0.1) is 5.92 Å². The smallest absolute Gasteiger partial charge is 0.255 e. The van der Waals surface area contributed by atoms with Gasteiger partial charge in [0.2, 0.25) is 5.91 Å². The van der Waals surface area contributed by atoms with Gasteiger partial charge in [-0.2, -0.15) is 0 Å². The van der Waals surface area contributed by atoms with Gasteiger partial charge in [-0.25, -0.2) is 0 Å². The number of carbonyl (C=O) groups excluding carboxylic acids is 2. The maximum atomic E-state index is 13.1. The summed E-state index contributed by atoms with van der Waals surface area (Å²) in [5.41, 5.74) is 6.06. The lowest BCUT2D eigenvalue weighted by molar-refractivity contribution is -0.126. The SMILES string of the molecule is C=C1CCC(N2Cc3c(OCc4ccc(CN5CCC(Cc6ccccc6)CC5)cc4)cccc3C2=O)C(=O)N1. The van der Waals surface area contributed by atoms with Crippen molar-refractivity contribution in [2.45, 2.75) is 57.8 Å². The number of hydrogen-bond acceptors (Lipinski definition) is 4. The molecule has 2 fully saturated rings. The molecule has 3 aliphatic heterocycles. The molecule has 6 nitrogen and oxygen atoms in total. The zero-order chi connectivity index (χ0) is 27.5. The van der Waals surface area contributed by atoms with Crippen LogP contribution in [0.5, 0.6) is 5.75 Å². The van der Waals surface area contributed by atoms with Gasteiger partial charge in [0, 0.05) is 23.4 Å². The standard InChI is InChI=1S/C34H37N3O3/c1-24-10-15-31(33(38)35-24)37-22-30-29(34(37)39)8-5-9-32(30)40-23-28-13-11-27(12-14-28)21-36-18-16-26(17-19-36)20-25-6-3-2-4-7-25/h2-9,11-14,26,31H,1,10,15-23H2,(H,35,38). The predicted molar refractivity (Wildman–Crippen MR) is 156 cm³/mol. The van der Waals surface area contributed by atoms with Crippen LogP contribution in [-0.2, 0) is 30.9 Å². The topological polar surface area (TPSA) is 61.9 Å². The van der Waals surface area contributed by atoms with Crippen molar-refractivity contribution in [2.75, 3.05) is 13.1 Å². The molecule has 0 aliphatic carbocycles. The molecule has 0 aromatic heterocycles. The number of benzene rings is 3. The molecule has 0 radical (unpaired) electrons. The van der Waals surface area contributed by atoms with Crippen LogP contribution in [-0.4, -0.2) is 40.7 Å². The van der Waals surface area contributed by atoms with E-state index in [1.165, 1.54) is 30.4 Å². The molecular formula is C34H37N3O3. The first-order valence-electron chi connectivity index (χ1n) is 14.4. The van der Waals surface area contributed by atoms with Gasteiger partial charge in [-0.1, -0.05) is 67.2 Å². The van der Waals surface area contributed by atoms with E-state index in [-0.39, 0.29) is 11.8 Å². The average molecular weight is 536 g/mol. The van der Waals surface area contributed by atoms with Crippen LogP contribution in [0.3, 0.4) is 0 Å². The van der Waals surface area contributed by atoms with Gasteiger partial charge in [0.05, 0.1) is 6.54 Å². The Labute approximate surface area is 236 Å². The van der Waals surface area contributed by atoms with Crippen LogP contribution < -0.4 is 10.1 Å². The van der Waals surface area contributed by atoms with E-state index in [0.717, 1.165) is 36.7 Å². The Morgan fingerprint density at radius 3 is 2.35 bits per heavy atom. The molecule has 3 aliphatic rings. The van der Waals surface area contributed by atoms with Gasteiger partial charge in [0.1, 0.15) is 18.4 Å². The molecular weight excluding hydrogens is 498 g/mol. The number of piperidine rings is 2. The van der Waals surface area contributed by atoms with Crippen molar-refractivity contribution in [2.24, 2.45) is 5.92 Å². The third kappa shape index (κ3) is 5.82. The first-order chi connectivity index (χ1) is 19.5. The minimum atomic E-state index is -0.472. The number of hydrogen-bond donors (Lipinski definition) is 1. The van der Waals surface area contributed by atoms with E-state index in [0.29, 0.717) is 43.0 Å². The number of rotatable bonds is 8. The summed E-state index contributed by atoms with van der Waals surface area (Å²) in [4.78, 5) is 29.9. The maximum Gasteiger partial charge on any atom is 0.255 e. The molecule has 3 aromatic carbocycles. The molecule has 206 valence electrons. The summed E-state index contributed by atoms with van der Waals surface area (Å²) in [6.45, 7) is 7.93. The molecule has 0 bridgehead atoms. The van der Waals surface area contributed by atoms with Gasteiger partial charge in [-0.3, -0.25) is 14.5 Å². The highest BCUT2D eigenvalue weighted by molar-refractivity contribution is 6.02. The van der Waals surface area contributed by atoms with Crippen LogP contribution in [0.15, 0.2) is 85.1 Å². The maximum absolute atomic E-state index is 13.1. The van der Waals surface area contributed by atoms with E-state index in [2.05, 4.69) is 71.4 Å². The Bertz CT molecular complexity index is 1380. The molecule has 0 saturated carbocycles. The third-order valence-electron chi connectivity index (χ3n) is 8.55. The monoisotopic (exact) mass is 535 g/mol. The van der Waals surface area contributed by atoms with Gasteiger partial charge in [-0.15, -0.1) is 0 Å². The summed E-state index contributed by atoms with van der Waals surface area (Å²) in [7, 11) is 0. The van der Waals surface area contributed by atoms with Gasteiger partial charge >= 0.3 is 0 Å². The molecule has 0 spiro atoms. The van der Waals surface area contributed by atoms with Crippen molar-refractivity contribution < 1.29 is 14.3 Å². The van der Waals surface area contributed by atoms with Crippen molar-refractivity contribution in [3.05, 3.63) is 113 Å². The molecule has 6 heteroatoms. The number of nitrogens with zero attached hydrogens (tertiary/aromatic N) is 2. The number of nitrogens with one attached hydrogen (secondary N) is 1. The van der Waals surface area contributed by atoms with E-state index < -0.39 is 6.04 Å². The highest BCUT2D eigenvalue weighted by Gasteiger charge is 2.39. The summed E-state index contributed by atoms with van der Waals surface area (Å²) in [6, 6.07) is 24.6. The molecule has 1 unspecified atom stereocenters. The third-order valence-corrected chi connectivity index (χ3v) is 8.55. The number of allylic oxidation sites excluding steroid dienone is 1. The van der Waals surface area contributed by atoms with Crippen molar-refractivity contribution >= 4 is 11.8 Å². The van der Waals surface area contributed by atoms with Crippen molar-refractivity contribution in [1.29, 1.82) is 0 Å². The first kappa shape index (κ1) is 26.3. The Hall–Kier alpha value is -3.90. The minimum absolute atomic E-state index is 0.110. The summed E-state index contributed by atoms with van der Waals surface area (Å²) in [5, 5.41) is 2.79. The Morgan fingerprint density at radius 2 is 1.60 bits per heavy atom. The summed E-state index contributed by atoms with van der Waals surface area (Å²) < 4.78 is 6.21. The predicted octanol–water partition coefficient (Wildman–Crippen LogP) is 5.47. The second-order valence-electron chi connectivity index (χ2n) is 11.4. The zero-order valence-corrected chi connectivity index (χ0v) is 23.0. The fourth-order valence-corrected chi connectivity index (χ4v) is 6.23. The van der Waals surface area contributed by atoms with Gasteiger partial charge in [0.15, 0.2) is 0 Å². The van der Waals surface area contributed by atoms with E-state index in [1.54, 1.807) is 4.90 Å². The van der Waals surface area contributed by atoms with Crippen LogP contribution in [0.1, 0.15) is 58.3 Å². The van der Waals surface area contributed by atoms with Gasteiger partial charge in [-0.05, 0) is 79.9 Å². The van der Waals surface area contributed by atoms with E-state index in [4.69, 9.17) is 4.74 Å². The van der Waals surface area contributed by atoms with Gasteiger partial charge < -0.3 is 15.0 Å². The molecule has 3 heterocycles. The normalized spacial score (nSPS) is 19.9. The van der Waals surface area contributed by atoms with Crippen molar-refractivity contribution in [1.82, 2.24) is 15.1 Å². The fraction of sp³-hybridized carbons (Fsp3) is 0.353. The average Bonchev–Trinajstić information content (AvgIpc) is 3.31. The lowest BCUT2D eigenvalue weighted by Crippen LogP contribution is -2.49. The number of amides is 2. The molecule has 2 amide bonds. The zero-order valence-electron chi connectivity index (χ0n) is 23.0. The molecule has 1 N–H and O–H groups in total. The summed E-state index contributed by atoms with van der Waals surface area (Å²) in [6.07, 6.45) is 4.97. The van der Waals surface area contributed by atoms with Gasteiger partial charge in [0.25, 0.3) is 5.91 Å². The highest BCUT2D eigenvalue weighted by atomic mass is 16.5. The lowest BCUT2D eigenvalue weighted by atomic mass is 9.90. The Balaban J connectivity index is 1.01. The Morgan fingerprint density at radius 1 is 0.850 bits per heavy atom. The second-order valence-corrected chi connectivity index (χ2v) is 11.4. The largest absolute Gasteiger partial charge is 0.489 e. The number of ether oxygens (including phenoxy) is 1. The summed E-state index contributed by atoms with van der Waals surface area (Å²) >= 11 is 0. The lowest BCUT2D eigenvalue weighted by Gasteiger charge is -2.32. The van der Waals surface area contributed by atoms with Crippen LogP contribution in [0.4, 0.5) is 0 Å². The van der Waals surface area contributed by atoms with Crippen LogP contribution >= 0.6 is 0 Å². The van der Waals surface area contributed by atoms with Crippen molar-refractivity contribution in [3.63, 3.8) is 0 Å². The first-order valence-corrected chi connectivity index (χ1v) is 14.4. The number of fused-ring (bicyclic) bond motifs is 1. The van der Waals surface area contributed by atoms with Crippen LogP contribution in [0.25, 0.3) is 0 Å². The summed E-state index contributed by atoms with van der Waals surface area (Å²) in [5.74, 6) is 1.22. The molecule has 3 aromatic rings. The molecule has 1 atom stereocenters. The molecule has 2 saturated heterocycles. The molecule has 6 rings (SSSR count). The minimum Gasteiger partial charge on any atom is -0.489 e. The quantitative estimate of drug-likeness (QED) is 0.416. The van der Waals surface area contributed by atoms with Crippen LogP contribution in [0.2, 0.25) is 0 Å².